The third-order valence-electron chi connectivity index (χ3n) is 7.42. The summed E-state index contributed by atoms with van der Waals surface area (Å²) >= 11 is 5.97. The molecule has 2 fully saturated rings. The zero-order chi connectivity index (χ0) is 27.3. The highest BCUT2D eigenvalue weighted by Gasteiger charge is 2.38. The van der Waals surface area contributed by atoms with Crippen LogP contribution in [-0.4, -0.2) is 59.4 Å². The van der Waals surface area contributed by atoms with Crippen LogP contribution in [0.1, 0.15) is 43.2 Å². The molecule has 0 aromatic heterocycles. The van der Waals surface area contributed by atoms with Gasteiger partial charge in [0.15, 0.2) is 0 Å². The molecule has 2 aliphatic heterocycles. The number of alkyl halides is 3. The molecule has 2 saturated heterocycles. The standard InChI is InChI=1S/C27H32ClF3N4O3/c28-21-5-3-19(4-6-21)16-20-9-13-33(14-10-20)12-1-2-26(36)34-15-11-23(18-34)32-22-7-8-25(35(37)38)24(17-22)27(29,30)31/h3-8,17,20,23,32H,1-2,9-16,18H2/t23-/m1/s1. The first-order valence-electron chi connectivity index (χ1n) is 12.9. The van der Waals surface area contributed by atoms with E-state index in [4.69, 9.17) is 11.6 Å². The fourth-order valence-corrected chi connectivity index (χ4v) is 5.46. The van der Waals surface area contributed by atoms with Gasteiger partial charge in [0.2, 0.25) is 5.91 Å². The summed E-state index contributed by atoms with van der Waals surface area (Å²) in [6.07, 6.45) is 0.309. The molecule has 0 radical (unpaired) electrons. The van der Waals surface area contributed by atoms with E-state index in [2.05, 4.69) is 22.3 Å². The number of halogens is 4. The summed E-state index contributed by atoms with van der Waals surface area (Å²) < 4.78 is 39.8. The number of rotatable bonds is 9. The van der Waals surface area contributed by atoms with Crippen molar-refractivity contribution >= 4 is 28.9 Å². The molecule has 0 bridgehead atoms. The molecule has 4 rings (SSSR count). The molecule has 38 heavy (non-hydrogen) atoms. The fourth-order valence-electron chi connectivity index (χ4n) is 5.33. The molecule has 11 heteroatoms. The Bertz CT molecular complexity index is 1120. The number of nitro groups is 1. The molecule has 206 valence electrons. The number of nitrogens with one attached hydrogen (secondary N) is 1. The highest BCUT2D eigenvalue weighted by Crippen LogP contribution is 2.38. The van der Waals surface area contributed by atoms with Crippen molar-refractivity contribution in [2.75, 3.05) is 38.0 Å². The molecule has 0 saturated carbocycles. The number of benzene rings is 2. The summed E-state index contributed by atoms with van der Waals surface area (Å²) in [5.74, 6) is 0.706. The van der Waals surface area contributed by atoms with Crippen molar-refractivity contribution in [2.24, 2.45) is 5.92 Å². The Hall–Kier alpha value is -2.85. The number of amides is 1. The SMILES string of the molecule is O=C(CCCN1CCC(Cc2ccc(Cl)cc2)CC1)N1CC[C@@H](Nc2ccc([N+](=O)[O-])c(C(F)(F)F)c2)C1. The van der Waals surface area contributed by atoms with Crippen molar-refractivity contribution in [2.45, 2.75) is 50.7 Å². The van der Waals surface area contributed by atoms with E-state index < -0.39 is 22.4 Å². The van der Waals surface area contributed by atoms with Crippen LogP contribution < -0.4 is 5.32 Å². The van der Waals surface area contributed by atoms with Crippen molar-refractivity contribution in [3.05, 3.63) is 68.7 Å². The maximum Gasteiger partial charge on any atom is 0.423 e. The Labute approximate surface area is 225 Å². The summed E-state index contributed by atoms with van der Waals surface area (Å²) in [4.78, 5) is 26.8. The molecule has 7 nitrogen and oxygen atoms in total. The average molecular weight is 553 g/mol. The zero-order valence-electron chi connectivity index (χ0n) is 21.1. The van der Waals surface area contributed by atoms with Crippen LogP contribution in [0.3, 0.4) is 0 Å². The highest BCUT2D eigenvalue weighted by atomic mass is 35.5. The van der Waals surface area contributed by atoms with Crippen LogP contribution in [0, 0.1) is 16.0 Å². The second-order valence-electron chi connectivity index (χ2n) is 10.2. The molecule has 2 aliphatic rings. The second kappa shape index (κ2) is 12.3. The number of hydrogen-bond acceptors (Lipinski definition) is 5. The lowest BCUT2D eigenvalue weighted by molar-refractivity contribution is -0.388. The topological polar surface area (TPSA) is 78.7 Å². The van der Waals surface area contributed by atoms with Crippen LogP contribution in [-0.2, 0) is 17.4 Å². The van der Waals surface area contributed by atoms with Crippen LogP contribution in [0.15, 0.2) is 42.5 Å². The first-order chi connectivity index (χ1) is 18.1. The van der Waals surface area contributed by atoms with Gasteiger partial charge in [-0.2, -0.15) is 13.2 Å². The highest BCUT2D eigenvalue weighted by molar-refractivity contribution is 6.30. The van der Waals surface area contributed by atoms with E-state index in [-0.39, 0.29) is 17.6 Å². The number of anilines is 1. The summed E-state index contributed by atoms with van der Waals surface area (Å²) in [5, 5.41) is 14.7. The lowest BCUT2D eigenvalue weighted by Crippen LogP contribution is -2.36. The predicted molar refractivity (Wildman–Crippen MR) is 140 cm³/mol. The van der Waals surface area contributed by atoms with Crippen LogP contribution in [0.2, 0.25) is 5.02 Å². The summed E-state index contributed by atoms with van der Waals surface area (Å²) in [6, 6.07) is 10.7. The molecule has 0 spiro atoms. The van der Waals surface area contributed by atoms with Gasteiger partial charge in [-0.15, -0.1) is 0 Å². The molecule has 0 aliphatic carbocycles. The molecule has 0 unspecified atom stereocenters. The van der Waals surface area contributed by atoms with Gasteiger partial charge in [-0.25, -0.2) is 0 Å². The molecule has 1 amide bonds. The van der Waals surface area contributed by atoms with Crippen molar-refractivity contribution in [1.29, 1.82) is 0 Å². The molecular weight excluding hydrogens is 521 g/mol. The number of piperidine rings is 1. The predicted octanol–water partition coefficient (Wildman–Crippen LogP) is 6.01. The van der Waals surface area contributed by atoms with Gasteiger partial charge in [-0.3, -0.25) is 14.9 Å². The van der Waals surface area contributed by atoms with E-state index in [1.54, 1.807) is 4.90 Å². The summed E-state index contributed by atoms with van der Waals surface area (Å²) in [5.41, 5.74) is -0.794. The Balaban J connectivity index is 1.17. The van der Waals surface area contributed by atoms with Crippen molar-refractivity contribution in [1.82, 2.24) is 9.80 Å². The van der Waals surface area contributed by atoms with E-state index in [1.807, 2.05) is 12.1 Å². The van der Waals surface area contributed by atoms with E-state index in [0.717, 1.165) is 62.5 Å². The lowest BCUT2D eigenvalue weighted by Gasteiger charge is -2.32. The van der Waals surface area contributed by atoms with Crippen LogP contribution in [0.4, 0.5) is 24.5 Å². The van der Waals surface area contributed by atoms with Crippen LogP contribution in [0.25, 0.3) is 0 Å². The number of likely N-dealkylation sites (tertiary alicyclic amines) is 2. The van der Waals surface area contributed by atoms with Crippen molar-refractivity contribution in [3.63, 3.8) is 0 Å². The van der Waals surface area contributed by atoms with E-state index in [9.17, 15) is 28.1 Å². The van der Waals surface area contributed by atoms with Gasteiger partial charge in [0.1, 0.15) is 5.56 Å². The number of nitro benzene ring substituents is 1. The van der Waals surface area contributed by atoms with E-state index in [1.165, 1.54) is 11.6 Å². The fraction of sp³-hybridized carbons (Fsp3) is 0.519. The van der Waals surface area contributed by atoms with Gasteiger partial charge < -0.3 is 15.1 Å². The summed E-state index contributed by atoms with van der Waals surface area (Å²) in [6.45, 7) is 3.85. The van der Waals surface area contributed by atoms with Gasteiger partial charge in [-0.1, -0.05) is 23.7 Å². The molecule has 1 atom stereocenters. The Morgan fingerprint density at radius 3 is 2.45 bits per heavy atom. The monoisotopic (exact) mass is 552 g/mol. The van der Waals surface area contributed by atoms with Gasteiger partial charge in [0, 0.05) is 42.3 Å². The maximum absolute atomic E-state index is 13.3. The quantitative estimate of drug-likeness (QED) is 0.304. The molecular formula is C27H32ClF3N4O3. The lowest BCUT2D eigenvalue weighted by atomic mass is 9.90. The minimum absolute atomic E-state index is 0.0478. The molecule has 2 aromatic rings. The normalized spacial score (nSPS) is 19.1. The number of carbonyl (C=O) groups is 1. The van der Waals surface area contributed by atoms with E-state index in [0.29, 0.717) is 31.8 Å². The van der Waals surface area contributed by atoms with Crippen molar-refractivity contribution < 1.29 is 22.9 Å². The zero-order valence-corrected chi connectivity index (χ0v) is 21.8. The number of hydrogen-bond donors (Lipinski definition) is 1. The molecule has 2 heterocycles. The van der Waals surface area contributed by atoms with Gasteiger partial charge >= 0.3 is 6.18 Å². The van der Waals surface area contributed by atoms with Crippen molar-refractivity contribution in [3.8, 4) is 0 Å². The third-order valence-corrected chi connectivity index (χ3v) is 7.67. The Kier molecular flexibility index (Phi) is 9.15. The average Bonchev–Trinajstić information content (AvgIpc) is 3.34. The maximum atomic E-state index is 13.3. The third kappa shape index (κ3) is 7.60. The second-order valence-corrected chi connectivity index (χ2v) is 10.6. The molecule has 2 aromatic carbocycles. The van der Waals surface area contributed by atoms with Crippen LogP contribution in [0.5, 0.6) is 0 Å². The summed E-state index contributed by atoms with van der Waals surface area (Å²) in [7, 11) is 0. The minimum Gasteiger partial charge on any atom is -0.380 e. The van der Waals surface area contributed by atoms with Gasteiger partial charge in [-0.05, 0) is 87.5 Å². The Morgan fingerprint density at radius 2 is 1.79 bits per heavy atom. The first kappa shape index (κ1) is 28.2. The largest absolute Gasteiger partial charge is 0.423 e. The minimum atomic E-state index is -4.83. The van der Waals surface area contributed by atoms with Gasteiger partial charge in [0.05, 0.1) is 4.92 Å². The smallest absolute Gasteiger partial charge is 0.380 e. The van der Waals surface area contributed by atoms with Crippen LogP contribution >= 0.6 is 11.6 Å². The molecule has 1 N–H and O–H groups in total. The first-order valence-corrected chi connectivity index (χ1v) is 13.3. The Morgan fingerprint density at radius 1 is 1.08 bits per heavy atom. The number of carbonyl (C=O) groups excluding carboxylic acids is 1. The van der Waals surface area contributed by atoms with E-state index >= 15 is 0 Å². The number of nitrogens with zero attached hydrogens (tertiary/aromatic N) is 3. The van der Waals surface area contributed by atoms with Gasteiger partial charge in [0.25, 0.3) is 5.69 Å².